The molecule has 0 radical (unpaired) electrons. The van der Waals surface area contributed by atoms with Gasteiger partial charge in [0, 0.05) is 6.54 Å². The van der Waals surface area contributed by atoms with Gasteiger partial charge in [0.25, 0.3) is 0 Å². The van der Waals surface area contributed by atoms with Gasteiger partial charge in [0.1, 0.15) is 0 Å². The van der Waals surface area contributed by atoms with Crippen molar-refractivity contribution in [1.82, 2.24) is 4.90 Å². The predicted molar refractivity (Wildman–Crippen MR) is 49.7 cm³/mol. The fourth-order valence-corrected chi connectivity index (χ4v) is 1.88. The fraction of sp³-hybridized carbons (Fsp3) is 0.900. The minimum atomic E-state index is 0.0876. The third-order valence-corrected chi connectivity index (χ3v) is 2.66. The molecule has 0 aromatic carbocycles. The minimum Gasteiger partial charge on any atom is -0.288 e. The largest absolute Gasteiger partial charge is 0.288 e. The molecule has 0 spiro atoms. The van der Waals surface area contributed by atoms with Gasteiger partial charge in [-0.2, -0.15) is 5.26 Å². The molecule has 0 bridgehead atoms. The SMILES string of the molecule is CC(C#N)N1CCCC(C)(C)C1. The van der Waals surface area contributed by atoms with Gasteiger partial charge in [0.15, 0.2) is 0 Å². The Bertz CT molecular complexity index is 191. The molecule has 1 heterocycles. The summed E-state index contributed by atoms with van der Waals surface area (Å²) in [5.41, 5.74) is 0.406. The highest BCUT2D eigenvalue weighted by molar-refractivity contribution is 4.92. The van der Waals surface area contributed by atoms with Crippen LogP contribution in [0.4, 0.5) is 0 Å². The summed E-state index contributed by atoms with van der Waals surface area (Å²) in [4.78, 5) is 2.28. The fourth-order valence-electron chi connectivity index (χ4n) is 1.88. The van der Waals surface area contributed by atoms with Crippen molar-refractivity contribution in [2.75, 3.05) is 13.1 Å². The molecule has 2 heteroatoms. The zero-order chi connectivity index (χ0) is 9.19. The van der Waals surface area contributed by atoms with Gasteiger partial charge in [-0.1, -0.05) is 13.8 Å². The Morgan fingerprint density at radius 3 is 2.67 bits per heavy atom. The van der Waals surface area contributed by atoms with Gasteiger partial charge in [0.2, 0.25) is 0 Å². The summed E-state index contributed by atoms with van der Waals surface area (Å²) in [6.45, 7) is 8.72. The van der Waals surface area contributed by atoms with Gasteiger partial charge in [-0.25, -0.2) is 0 Å². The quantitative estimate of drug-likeness (QED) is 0.596. The second-order valence-electron chi connectivity index (χ2n) is 4.54. The van der Waals surface area contributed by atoms with Crippen molar-refractivity contribution in [1.29, 1.82) is 5.26 Å². The van der Waals surface area contributed by atoms with Crippen LogP contribution in [0.25, 0.3) is 0 Å². The summed E-state index contributed by atoms with van der Waals surface area (Å²) in [7, 11) is 0. The second kappa shape index (κ2) is 3.45. The summed E-state index contributed by atoms with van der Waals surface area (Å²) >= 11 is 0. The summed E-state index contributed by atoms with van der Waals surface area (Å²) in [5, 5.41) is 8.77. The molecule has 1 unspecified atom stereocenters. The van der Waals surface area contributed by atoms with E-state index in [2.05, 4.69) is 24.8 Å². The molecule has 1 aliphatic heterocycles. The van der Waals surface area contributed by atoms with Gasteiger partial charge < -0.3 is 0 Å². The van der Waals surface area contributed by atoms with Crippen LogP contribution in [0.15, 0.2) is 0 Å². The normalized spacial score (nSPS) is 26.2. The maximum Gasteiger partial charge on any atom is 0.0949 e. The first-order valence-electron chi connectivity index (χ1n) is 4.69. The Labute approximate surface area is 75.2 Å². The summed E-state index contributed by atoms with van der Waals surface area (Å²) < 4.78 is 0. The summed E-state index contributed by atoms with van der Waals surface area (Å²) in [6.07, 6.45) is 2.53. The van der Waals surface area contributed by atoms with E-state index in [1.807, 2.05) is 6.92 Å². The first-order valence-corrected chi connectivity index (χ1v) is 4.69. The van der Waals surface area contributed by atoms with Gasteiger partial charge in [0.05, 0.1) is 12.1 Å². The van der Waals surface area contributed by atoms with Crippen LogP contribution in [0.1, 0.15) is 33.6 Å². The van der Waals surface area contributed by atoms with Crippen LogP contribution in [-0.4, -0.2) is 24.0 Å². The van der Waals surface area contributed by atoms with Crippen LogP contribution >= 0.6 is 0 Å². The van der Waals surface area contributed by atoms with E-state index < -0.39 is 0 Å². The molecule has 0 amide bonds. The number of hydrogen-bond donors (Lipinski definition) is 0. The lowest BCUT2D eigenvalue weighted by molar-refractivity contribution is 0.103. The first kappa shape index (κ1) is 9.54. The molecule has 0 aliphatic carbocycles. The van der Waals surface area contributed by atoms with Crippen LogP contribution in [-0.2, 0) is 0 Å². The highest BCUT2D eigenvalue weighted by atomic mass is 15.2. The molecule has 0 N–H and O–H groups in total. The average molecular weight is 166 g/mol. The second-order valence-corrected chi connectivity index (χ2v) is 4.54. The topological polar surface area (TPSA) is 27.0 Å². The highest BCUT2D eigenvalue weighted by Gasteiger charge is 2.28. The number of nitriles is 1. The maximum atomic E-state index is 8.77. The molecule has 1 aliphatic rings. The first-order chi connectivity index (χ1) is 5.55. The number of hydrogen-bond acceptors (Lipinski definition) is 2. The van der Waals surface area contributed by atoms with Crippen molar-refractivity contribution >= 4 is 0 Å². The lowest BCUT2D eigenvalue weighted by Crippen LogP contribution is -2.44. The van der Waals surface area contributed by atoms with E-state index in [9.17, 15) is 0 Å². The van der Waals surface area contributed by atoms with E-state index in [0.29, 0.717) is 5.41 Å². The van der Waals surface area contributed by atoms with Crippen LogP contribution in [0.2, 0.25) is 0 Å². The van der Waals surface area contributed by atoms with Gasteiger partial charge in [-0.3, -0.25) is 4.90 Å². The molecule has 0 aromatic rings. The molecule has 1 saturated heterocycles. The van der Waals surface area contributed by atoms with Crippen LogP contribution in [0.5, 0.6) is 0 Å². The number of piperidine rings is 1. The Morgan fingerprint density at radius 2 is 2.17 bits per heavy atom. The molecule has 68 valence electrons. The highest BCUT2D eigenvalue weighted by Crippen LogP contribution is 2.29. The minimum absolute atomic E-state index is 0.0876. The zero-order valence-corrected chi connectivity index (χ0v) is 8.30. The van der Waals surface area contributed by atoms with Crippen molar-refractivity contribution in [3.63, 3.8) is 0 Å². The molecule has 0 saturated carbocycles. The summed E-state index contributed by atoms with van der Waals surface area (Å²) in [5.74, 6) is 0. The van der Waals surface area contributed by atoms with Crippen LogP contribution < -0.4 is 0 Å². The van der Waals surface area contributed by atoms with Crippen molar-refractivity contribution < 1.29 is 0 Å². The van der Waals surface area contributed by atoms with Crippen molar-refractivity contribution in [2.24, 2.45) is 5.41 Å². The Morgan fingerprint density at radius 1 is 1.50 bits per heavy atom. The third-order valence-electron chi connectivity index (χ3n) is 2.66. The zero-order valence-electron chi connectivity index (χ0n) is 8.30. The van der Waals surface area contributed by atoms with Gasteiger partial charge >= 0.3 is 0 Å². The molecular formula is C10H18N2. The van der Waals surface area contributed by atoms with Gasteiger partial charge in [-0.05, 0) is 31.7 Å². The molecule has 1 fully saturated rings. The summed E-state index contributed by atoms with van der Waals surface area (Å²) in [6, 6.07) is 2.39. The third kappa shape index (κ3) is 2.22. The van der Waals surface area contributed by atoms with E-state index in [-0.39, 0.29) is 6.04 Å². The molecule has 1 atom stereocenters. The van der Waals surface area contributed by atoms with E-state index in [1.54, 1.807) is 0 Å². The standard InChI is InChI=1S/C10H18N2/c1-9(7-11)12-6-4-5-10(2,3)8-12/h9H,4-6,8H2,1-3H3. The molecule has 1 rings (SSSR count). The van der Waals surface area contributed by atoms with E-state index in [1.165, 1.54) is 12.8 Å². The lowest BCUT2D eigenvalue weighted by atomic mass is 9.84. The van der Waals surface area contributed by atoms with Crippen molar-refractivity contribution in [2.45, 2.75) is 39.7 Å². The Kier molecular flexibility index (Phi) is 2.74. The van der Waals surface area contributed by atoms with E-state index in [4.69, 9.17) is 5.26 Å². The predicted octanol–water partition coefficient (Wildman–Crippen LogP) is 2.02. The Hall–Kier alpha value is -0.550. The van der Waals surface area contributed by atoms with E-state index in [0.717, 1.165) is 13.1 Å². The van der Waals surface area contributed by atoms with Crippen molar-refractivity contribution in [3.8, 4) is 6.07 Å². The number of likely N-dealkylation sites (tertiary alicyclic amines) is 1. The number of rotatable bonds is 1. The molecule has 12 heavy (non-hydrogen) atoms. The van der Waals surface area contributed by atoms with Crippen LogP contribution in [0.3, 0.4) is 0 Å². The van der Waals surface area contributed by atoms with Crippen LogP contribution in [0, 0.1) is 16.7 Å². The lowest BCUT2D eigenvalue weighted by Gasteiger charge is -2.39. The molecule has 2 nitrogen and oxygen atoms in total. The van der Waals surface area contributed by atoms with Crippen molar-refractivity contribution in [3.05, 3.63) is 0 Å². The van der Waals surface area contributed by atoms with Gasteiger partial charge in [-0.15, -0.1) is 0 Å². The molecular weight excluding hydrogens is 148 g/mol. The maximum absolute atomic E-state index is 8.77. The smallest absolute Gasteiger partial charge is 0.0949 e. The average Bonchev–Trinajstić information content (AvgIpc) is 2.01. The monoisotopic (exact) mass is 166 g/mol. The molecule has 0 aromatic heterocycles. The Balaban J connectivity index is 2.53. The van der Waals surface area contributed by atoms with E-state index >= 15 is 0 Å². The number of nitrogens with zero attached hydrogens (tertiary/aromatic N) is 2.